The Morgan fingerprint density at radius 3 is 2.94 bits per heavy atom. The van der Waals surface area contributed by atoms with Crippen LogP contribution in [0.3, 0.4) is 0 Å². The molecule has 84 valence electrons. The van der Waals surface area contributed by atoms with Crippen molar-refractivity contribution in [3.8, 4) is 6.07 Å². The Labute approximate surface area is 102 Å². The topological polar surface area (TPSA) is 79.8 Å². The van der Waals surface area contributed by atoms with Crippen LogP contribution in [0.5, 0.6) is 0 Å². The van der Waals surface area contributed by atoms with Crippen LogP contribution in [-0.4, -0.2) is 16.6 Å². The van der Waals surface area contributed by atoms with E-state index >= 15 is 0 Å². The molecule has 1 heterocycles. The second kappa shape index (κ2) is 4.85. The average Bonchev–Trinajstić information content (AvgIpc) is 2.35. The summed E-state index contributed by atoms with van der Waals surface area (Å²) in [6.07, 6.45) is 0. The zero-order chi connectivity index (χ0) is 12.3. The fraction of sp³-hybridized carbons (Fsp3) is 0.0833. The highest BCUT2D eigenvalue weighted by molar-refractivity contribution is 7.99. The van der Waals surface area contributed by atoms with Gasteiger partial charge in [0.1, 0.15) is 0 Å². The van der Waals surface area contributed by atoms with Crippen molar-refractivity contribution >= 4 is 28.6 Å². The number of para-hydroxylation sites is 1. The molecule has 5 heteroatoms. The summed E-state index contributed by atoms with van der Waals surface area (Å²) in [7, 11) is 0. The van der Waals surface area contributed by atoms with Gasteiger partial charge in [-0.3, -0.25) is 4.79 Å². The van der Waals surface area contributed by atoms with Gasteiger partial charge in [-0.05, 0) is 12.1 Å². The number of carbonyl (C=O) groups excluding carboxylic acids is 1. The number of amides is 1. The molecule has 0 saturated carbocycles. The molecule has 0 aliphatic rings. The molecule has 1 amide bonds. The quantitative estimate of drug-likeness (QED) is 0.832. The number of carbonyl (C=O) groups is 1. The van der Waals surface area contributed by atoms with Gasteiger partial charge in [0, 0.05) is 5.39 Å². The smallest absolute Gasteiger partial charge is 0.227 e. The van der Waals surface area contributed by atoms with Gasteiger partial charge in [0.15, 0.2) is 0 Å². The zero-order valence-corrected chi connectivity index (χ0v) is 9.70. The van der Waals surface area contributed by atoms with Gasteiger partial charge >= 0.3 is 0 Å². The molecule has 0 saturated heterocycles. The Kier molecular flexibility index (Phi) is 3.26. The summed E-state index contributed by atoms with van der Waals surface area (Å²) in [5.74, 6) is -0.237. The fourth-order valence-corrected chi connectivity index (χ4v) is 2.12. The van der Waals surface area contributed by atoms with Gasteiger partial charge in [-0.1, -0.05) is 30.0 Å². The molecular formula is C12H9N3OS. The van der Waals surface area contributed by atoms with E-state index in [1.165, 1.54) is 11.8 Å². The van der Waals surface area contributed by atoms with E-state index in [4.69, 9.17) is 11.0 Å². The number of rotatable bonds is 3. The van der Waals surface area contributed by atoms with Crippen LogP contribution < -0.4 is 5.73 Å². The molecule has 2 N–H and O–H groups in total. The second-order valence-corrected chi connectivity index (χ2v) is 4.39. The van der Waals surface area contributed by atoms with Crippen LogP contribution in [0, 0.1) is 11.3 Å². The molecule has 0 bridgehead atoms. The molecule has 4 nitrogen and oxygen atoms in total. The summed E-state index contributed by atoms with van der Waals surface area (Å²) in [6.45, 7) is 0. The maximum atomic E-state index is 10.7. The van der Waals surface area contributed by atoms with Crippen molar-refractivity contribution < 1.29 is 4.79 Å². The van der Waals surface area contributed by atoms with Crippen LogP contribution in [0.1, 0.15) is 5.56 Å². The number of hydrogen-bond donors (Lipinski definition) is 1. The first-order chi connectivity index (χ1) is 8.20. The Bertz CT molecular complexity index is 619. The zero-order valence-electron chi connectivity index (χ0n) is 8.88. The van der Waals surface area contributed by atoms with Gasteiger partial charge in [0.05, 0.1) is 27.9 Å². The summed E-state index contributed by atoms with van der Waals surface area (Å²) in [5, 5.41) is 10.5. The highest BCUT2D eigenvalue weighted by atomic mass is 32.2. The third-order valence-electron chi connectivity index (χ3n) is 2.18. The summed E-state index contributed by atoms with van der Waals surface area (Å²) in [6, 6.07) is 11.2. The minimum atomic E-state index is -0.400. The Morgan fingerprint density at radius 2 is 2.24 bits per heavy atom. The minimum Gasteiger partial charge on any atom is -0.369 e. The lowest BCUT2D eigenvalue weighted by Crippen LogP contribution is -2.13. The fourth-order valence-electron chi connectivity index (χ4n) is 1.46. The largest absolute Gasteiger partial charge is 0.369 e. The number of primary amides is 1. The molecule has 0 aliphatic carbocycles. The van der Waals surface area contributed by atoms with Crippen molar-refractivity contribution in [2.75, 3.05) is 5.75 Å². The predicted molar refractivity (Wildman–Crippen MR) is 66.4 cm³/mol. The summed E-state index contributed by atoms with van der Waals surface area (Å²) < 4.78 is 0. The standard InChI is InChI=1S/C12H9N3OS/c13-6-8-5-12(17-7-11(14)16)15-10-4-2-1-3-9(8)10/h1-5H,7H2,(H2,14,16). The number of nitriles is 1. The molecule has 0 fully saturated rings. The van der Waals surface area contributed by atoms with Crippen molar-refractivity contribution in [3.63, 3.8) is 0 Å². The first-order valence-electron chi connectivity index (χ1n) is 4.91. The monoisotopic (exact) mass is 243 g/mol. The van der Waals surface area contributed by atoms with Gasteiger partial charge in [-0.25, -0.2) is 4.98 Å². The second-order valence-electron chi connectivity index (χ2n) is 3.39. The van der Waals surface area contributed by atoms with Gasteiger partial charge in [-0.2, -0.15) is 5.26 Å². The number of aromatic nitrogens is 1. The molecule has 2 aromatic rings. The van der Waals surface area contributed by atoms with Crippen LogP contribution in [-0.2, 0) is 4.79 Å². The van der Waals surface area contributed by atoms with Crippen molar-refractivity contribution in [2.45, 2.75) is 5.03 Å². The van der Waals surface area contributed by atoms with E-state index in [0.717, 1.165) is 10.9 Å². The Balaban J connectivity index is 2.46. The van der Waals surface area contributed by atoms with E-state index < -0.39 is 5.91 Å². The average molecular weight is 243 g/mol. The van der Waals surface area contributed by atoms with Crippen LogP contribution in [0.4, 0.5) is 0 Å². The third kappa shape index (κ3) is 2.55. The van der Waals surface area contributed by atoms with E-state index in [0.29, 0.717) is 10.6 Å². The lowest BCUT2D eigenvalue weighted by Gasteiger charge is -2.03. The lowest BCUT2D eigenvalue weighted by atomic mass is 10.1. The van der Waals surface area contributed by atoms with Gasteiger partial charge in [0.25, 0.3) is 0 Å². The lowest BCUT2D eigenvalue weighted by molar-refractivity contribution is -0.115. The highest BCUT2D eigenvalue weighted by Crippen LogP contribution is 2.23. The normalized spacial score (nSPS) is 10.1. The molecule has 0 unspecified atom stereocenters. The van der Waals surface area contributed by atoms with Gasteiger partial charge in [0.2, 0.25) is 5.91 Å². The van der Waals surface area contributed by atoms with Crippen LogP contribution in [0.15, 0.2) is 35.4 Å². The van der Waals surface area contributed by atoms with Crippen molar-refractivity contribution in [1.29, 1.82) is 5.26 Å². The van der Waals surface area contributed by atoms with E-state index in [1.807, 2.05) is 24.3 Å². The highest BCUT2D eigenvalue weighted by Gasteiger charge is 2.06. The summed E-state index contributed by atoms with van der Waals surface area (Å²) in [5.41, 5.74) is 6.38. The first kappa shape index (κ1) is 11.4. The number of nitrogens with zero attached hydrogens (tertiary/aromatic N) is 2. The van der Waals surface area contributed by atoms with Crippen LogP contribution >= 0.6 is 11.8 Å². The third-order valence-corrected chi connectivity index (χ3v) is 3.11. The molecule has 2 rings (SSSR count). The molecule has 17 heavy (non-hydrogen) atoms. The molecule has 0 atom stereocenters. The van der Waals surface area contributed by atoms with E-state index in [-0.39, 0.29) is 5.75 Å². The van der Waals surface area contributed by atoms with E-state index in [1.54, 1.807) is 6.07 Å². The number of hydrogen-bond acceptors (Lipinski definition) is 4. The van der Waals surface area contributed by atoms with Crippen molar-refractivity contribution in [3.05, 3.63) is 35.9 Å². The number of pyridine rings is 1. The van der Waals surface area contributed by atoms with E-state index in [2.05, 4.69) is 11.1 Å². The predicted octanol–water partition coefficient (Wildman–Crippen LogP) is 1.68. The maximum Gasteiger partial charge on any atom is 0.227 e. The van der Waals surface area contributed by atoms with Crippen LogP contribution in [0.2, 0.25) is 0 Å². The number of benzene rings is 1. The Hall–Kier alpha value is -2.06. The minimum absolute atomic E-state index is 0.163. The van der Waals surface area contributed by atoms with Crippen molar-refractivity contribution in [1.82, 2.24) is 4.98 Å². The number of thioether (sulfide) groups is 1. The Morgan fingerprint density at radius 1 is 1.47 bits per heavy atom. The van der Waals surface area contributed by atoms with Crippen LogP contribution in [0.25, 0.3) is 10.9 Å². The number of nitrogens with two attached hydrogens (primary N) is 1. The van der Waals surface area contributed by atoms with Gasteiger partial charge < -0.3 is 5.73 Å². The maximum absolute atomic E-state index is 10.7. The molecule has 1 aromatic carbocycles. The SMILES string of the molecule is N#Cc1cc(SCC(N)=O)nc2ccccc12. The molecule has 1 aromatic heterocycles. The summed E-state index contributed by atoms with van der Waals surface area (Å²) in [4.78, 5) is 15.1. The first-order valence-corrected chi connectivity index (χ1v) is 5.90. The summed E-state index contributed by atoms with van der Waals surface area (Å²) >= 11 is 1.24. The molecule has 0 radical (unpaired) electrons. The number of fused-ring (bicyclic) bond motifs is 1. The molecular weight excluding hydrogens is 234 g/mol. The van der Waals surface area contributed by atoms with Crippen molar-refractivity contribution in [2.24, 2.45) is 5.73 Å². The van der Waals surface area contributed by atoms with E-state index in [9.17, 15) is 4.79 Å². The molecule has 0 spiro atoms. The van der Waals surface area contributed by atoms with Gasteiger partial charge in [-0.15, -0.1) is 0 Å². The molecule has 0 aliphatic heterocycles.